The summed E-state index contributed by atoms with van der Waals surface area (Å²) in [5, 5.41) is 7.83. The Balaban J connectivity index is 0.000000160. The molecule has 0 aromatic carbocycles. The molecule has 1 atom stereocenters. The predicted molar refractivity (Wildman–Crippen MR) is 17.5 cm³/mol. The van der Waals surface area contributed by atoms with Crippen molar-refractivity contribution in [1.82, 2.24) is 5.48 Å². The second kappa shape index (κ2) is 1.57. The molecule has 32 valence electrons. The number of aliphatic hydroxyl groups excluding tert-OH is 1. The number of aliphatic hydroxyl groups is 1. The maximum Gasteiger partial charge on any atom is 0.253 e. The number of halogens is 1. The first-order chi connectivity index (χ1) is 1.89. The Hall–Kier alpha value is 0.170. The first-order valence-corrected chi connectivity index (χ1v) is 0.987. The van der Waals surface area contributed by atoms with Gasteiger partial charge in [-0.1, -0.05) is 0 Å². The summed E-state index contributed by atoms with van der Waals surface area (Å²) in [6.07, 6.45) is -0.667. The van der Waals surface area contributed by atoms with Crippen molar-refractivity contribution in [2.24, 2.45) is 0 Å². The number of rotatable bonds is 0. The second-order valence-corrected chi connectivity index (χ2v) is 0.588. The van der Waals surface area contributed by atoms with Gasteiger partial charge in [-0.3, -0.25) is 0 Å². The topological polar surface area (TPSA) is 54.7 Å². The van der Waals surface area contributed by atoms with Gasteiger partial charge in [0.05, 0.1) is 0 Å². The van der Waals surface area contributed by atoms with Crippen molar-refractivity contribution in [2.45, 2.75) is 6.41 Å². The zero-order valence-corrected chi connectivity index (χ0v) is 3.16. The highest BCUT2D eigenvalue weighted by atomic mass is 35.5. The molecule has 1 unspecified atom stereocenters. The fourth-order valence-corrected chi connectivity index (χ4v) is 0.0304. The van der Waals surface area contributed by atoms with Crippen LogP contribution in [0.4, 0.5) is 0 Å². The smallest absolute Gasteiger partial charge is 0.253 e. The number of hydroxylamine groups is 1. The molecule has 1 aliphatic heterocycles. The standard InChI is InChI=1S/CH3NO2.ClH/c3-1-2-4-1;/h1-3H;1H. The third kappa shape index (κ3) is 1.95. The van der Waals surface area contributed by atoms with E-state index in [9.17, 15) is 0 Å². The molecule has 1 heterocycles. The quantitative estimate of drug-likeness (QED) is 0.390. The van der Waals surface area contributed by atoms with Crippen LogP contribution in [0.2, 0.25) is 0 Å². The van der Waals surface area contributed by atoms with Gasteiger partial charge in [-0.15, -0.1) is 17.9 Å². The van der Waals surface area contributed by atoms with Gasteiger partial charge in [-0.25, -0.2) is 4.84 Å². The summed E-state index contributed by atoms with van der Waals surface area (Å²) in [7, 11) is 0. The first-order valence-electron chi connectivity index (χ1n) is 0.987. The molecule has 2 N–H and O–H groups in total. The van der Waals surface area contributed by atoms with E-state index in [4.69, 9.17) is 5.11 Å². The van der Waals surface area contributed by atoms with Gasteiger partial charge in [0.2, 0.25) is 0 Å². The summed E-state index contributed by atoms with van der Waals surface area (Å²) in [6, 6.07) is 0. The van der Waals surface area contributed by atoms with E-state index in [1.807, 2.05) is 0 Å². The van der Waals surface area contributed by atoms with E-state index in [1.54, 1.807) is 0 Å². The van der Waals surface area contributed by atoms with Gasteiger partial charge in [0.15, 0.2) is 0 Å². The first kappa shape index (κ1) is 5.17. The van der Waals surface area contributed by atoms with E-state index < -0.39 is 6.41 Å². The largest absolute Gasteiger partial charge is 0.353 e. The lowest BCUT2D eigenvalue weighted by atomic mass is 11.3. The SMILES string of the molecule is Cl.OC1NO1. The molecule has 0 spiro atoms. The Morgan fingerprint density at radius 3 is 2.00 bits per heavy atom. The van der Waals surface area contributed by atoms with E-state index in [0.29, 0.717) is 0 Å². The Morgan fingerprint density at radius 2 is 2.00 bits per heavy atom. The fraction of sp³-hybridized carbons (Fsp3) is 1.00. The van der Waals surface area contributed by atoms with Crippen molar-refractivity contribution in [3.8, 4) is 0 Å². The zero-order chi connectivity index (χ0) is 2.99. The van der Waals surface area contributed by atoms with Crippen molar-refractivity contribution in [3.63, 3.8) is 0 Å². The van der Waals surface area contributed by atoms with Crippen LogP contribution >= 0.6 is 12.4 Å². The Labute approximate surface area is 35.3 Å². The summed E-state index contributed by atoms with van der Waals surface area (Å²) in [6.45, 7) is 0. The minimum atomic E-state index is -0.667. The molecule has 0 aromatic heterocycles. The molecule has 1 aliphatic rings. The molecular weight excluding hydrogens is 93.5 g/mol. The van der Waals surface area contributed by atoms with Gasteiger partial charge in [-0.2, -0.15) is 0 Å². The van der Waals surface area contributed by atoms with Crippen LogP contribution in [0.1, 0.15) is 0 Å². The molecule has 0 amide bonds. The van der Waals surface area contributed by atoms with Gasteiger partial charge in [-0.05, 0) is 0 Å². The lowest BCUT2D eigenvalue weighted by Crippen LogP contribution is -1.80. The summed E-state index contributed by atoms with van der Waals surface area (Å²) in [5.41, 5.74) is 2.15. The lowest BCUT2D eigenvalue weighted by Gasteiger charge is -1.49. The van der Waals surface area contributed by atoms with Crippen LogP contribution in [-0.4, -0.2) is 11.5 Å². The molecule has 0 aromatic rings. The third-order valence-corrected chi connectivity index (χ3v) is 0.223. The molecule has 0 radical (unpaired) electrons. The van der Waals surface area contributed by atoms with Gasteiger partial charge in [0, 0.05) is 0 Å². The van der Waals surface area contributed by atoms with E-state index >= 15 is 0 Å². The molecule has 1 saturated heterocycles. The van der Waals surface area contributed by atoms with E-state index in [-0.39, 0.29) is 12.4 Å². The summed E-state index contributed by atoms with van der Waals surface area (Å²) < 4.78 is 0. The number of nitrogens with one attached hydrogen (secondary N) is 1. The van der Waals surface area contributed by atoms with Gasteiger partial charge in [0.1, 0.15) is 0 Å². The van der Waals surface area contributed by atoms with E-state index in [1.165, 1.54) is 0 Å². The molecule has 0 saturated carbocycles. The molecule has 0 bridgehead atoms. The van der Waals surface area contributed by atoms with Crippen LogP contribution in [0.5, 0.6) is 0 Å². The molecular formula is CH4ClNO2. The Morgan fingerprint density at radius 1 is 1.80 bits per heavy atom. The van der Waals surface area contributed by atoms with Crippen molar-refractivity contribution in [1.29, 1.82) is 0 Å². The highest BCUT2D eigenvalue weighted by molar-refractivity contribution is 5.85. The number of hydrogen-bond acceptors (Lipinski definition) is 3. The monoisotopic (exact) mass is 97.0 g/mol. The normalized spacial score (nSPS) is 31.8. The van der Waals surface area contributed by atoms with Crippen LogP contribution in [0.25, 0.3) is 0 Å². The minimum Gasteiger partial charge on any atom is -0.353 e. The van der Waals surface area contributed by atoms with Gasteiger partial charge < -0.3 is 5.11 Å². The second-order valence-electron chi connectivity index (χ2n) is 0.588. The molecule has 5 heavy (non-hydrogen) atoms. The Kier molecular flexibility index (Phi) is 1.62. The molecule has 1 rings (SSSR count). The van der Waals surface area contributed by atoms with E-state index in [2.05, 4.69) is 10.3 Å². The fourth-order valence-electron chi connectivity index (χ4n) is 0.0304. The van der Waals surface area contributed by atoms with Gasteiger partial charge >= 0.3 is 0 Å². The summed E-state index contributed by atoms with van der Waals surface area (Å²) in [4.78, 5) is 4.01. The summed E-state index contributed by atoms with van der Waals surface area (Å²) in [5.74, 6) is 0. The molecule has 1 fully saturated rings. The third-order valence-electron chi connectivity index (χ3n) is 0.223. The lowest BCUT2D eigenvalue weighted by molar-refractivity contribution is 0.156. The molecule has 0 aliphatic carbocycles. The molecule has 3 nitrogen and oxygen atoms in total. The van der Waals surface area contributed by atoms with Crippen LogP contribution in [0, 0.1) is 0 Å². The highest BCUT2D eigenvalue weighted by Crippen LogP contribution is 1.88. The maximum atomic E-state index is 7.83. The zero-order valence-electron chi connectivity index (χ0n) is 2.34. The van der Waals surface area contributed by atoms with Crippen LogP contribution in [0.15, 0.2) is 0 Å². The molecule has 4 heteroatoms. The average molecular weight is 97.5 g/mol. The van der Waals surface area contributed by atoms with Crippen molar-refractivity contribution in [3.05, 3.63) is 0 Å². The maximum absolute atomic E-state index is 7.83. The van der Waals surface area contributed by atoms with Crippen LogP contribution in [-0.2, 0) is 4.84 Å². The van der Waals surface area contributed by atoms with Crippen molar-refractivity contribution < 1.29 is 9.94 Å². The predicted octanol–water partition coefficient (Wildman–Crippen LogP) is -0.781. The van der Waals surface area contributed by atoms with Gasteiger partial charge in [0.25, 0.3) is 6.41 Å². The highest BCUT2D eigenvalue weighted by Gasteiger charge is 2.15. The van der Waals surface area contributed by atoms with Crippen LogP contribution < -0.4 is 5.48 Å². The van der Waals surface area contributed by atoms with Crippen molar-refractivity contribution in [2.75, 3.05) is 0 Å². The van der Waals surface area contributed by atoms with Crippen molar-refractivity contribution >= 4 is 12.4 Å². The Bertz CT molecular complexity index is 28.8. The average Bonchev–Trinajstić information content (AvgIpc) is 1.75. The van der Waals surface area contributed by atoms with Crippen LogP contribution in [0.3, 0.4) is 0 Å². The summed E-state index contributed by atoms with van der Waals surface area (Å²) >= 11 is 0. The van der Waals surface area contributed by atoms with E-state index in [0.717, 1.165) is 0 Å². The minimum absolute atomic E-state index is 0. The number of hydrogen-bond donors (Lipinski definition) is 2.